The Morgan fingerprint density at radius 2 is 1.86 bits per heavy atom. The molecule has 1 amide bonds. The predicted molar refractivity (Wildman–Crippen MR) is 111 cm³/mol. The summed E-state index contributed by atoms with van der Waals surface area (Å²) in [4.78, 5) is 28.3. The molecule has 0 bridgehead atoms. The number of hydrogen-bond donors (Lipinski definition) is 3. The lowest BCUT2D eigenvalue weighted by molar-refractivity contribution is -1.01. The first-order valence-electron chi connectivity index (χ1n) is 9.82. The van der Waals surface area contributed by atoms with Crippen LogP contribution in [-0.2, 0) is 9.53 Å². The van der Waals surface area contributed by atoms with Gasteiger partial charge in [0.05, 0.1) is 13.7 Å². The van der Waals surface area contributed by atoms with E-state index in [1.807, 2.05) is 42.6 Å². The molecule has 1 atom stereocenters. The van der Waals surface area contributed by atoms with Crippen LogP contribution in [0.1, 0.15) is 24.2 Å². The van der Waals surface area contributed by atoms with E-state index >= 15 is 0 Å². The van der Waals surface area contributed by atoms with Gasteiger partial charge in [0.15, 0.2) is 6.04 Å². The molecule has 7 heteroatoms. The fourth-order valence-electron chi connectivity index (χ4n) is 3.52. The molecule has 28 heavy (non-hydrogen) atoms. The van der Waals surface area contributed by atoms with E-state index in [-0.39, 0.29) is 11.9 Å². The summed E-state index contributed by atoms with van der Waals surface area (Å²) >= 11 is 1.37. The van der Waals surface area contributed by atoms with Crippen molar-refractivity contribution < 1.29 is 24.1 Å². The molecule has 1 aliphatic rings. The number of hydrogen-bond acceptors (Lipinski definition) is 4. The van der Waals surface area contributed by atoms with Crippen LogP contribution in [0.3, 0.4) is 0 Å². The SMILES string of the molecule is CCOC(=O)c1c(-c2ccccc2)csc1NC(=O)[C@@H](C)[NH+]1CC[NH+](C)CC1. The molecule has 150 valence electrons. The third-order valence-electron chi connectivity index (χ3n) is 5.34. The van der Waals surface area contributed by atoms with E-state index < -0.39 is 5.97 Å². The standard InChI is InChI=1S/C21H27N3O3S/c1-4-27-21(26)18-17(16-8-6-5-7-9-16)14-28-20(18)22-19(25)15(2)24-12-10-23(3)11-13-24/h5-9,14-15H,4,10-13H2,1-3H3,(H,22,25)/p+2/t15-/m1/s1. The number of piperazine rings is 1. The van der Waals surface area contributed by atoms with Gasteiger partial charge >= 0.3 is 5.97 Å². The molecule has 3 N–H and O–H groups in total. The molecule has 1 saturated heterocycles. The molecule has 2 aromatic rings. The second-order valence-corrected chi connectivity index (χ2v) is 8.15. The van der Waals surface area contributed by atoms with Crippen LogP contribution in [0.15, 0.2) is 35.7 Å². The average molecular weight is 404 g/mol. The number of benzene rings is 1. The van der Waals surface area contributed by atoms with Crippen LogP contribution in [0.2, 0.25) is 0 Å². The van der Waals surface area contributed by atoms with Gasteiger partial charge < -0.3 is 19.9 Å². The summed E-state index contributed by atoms with van der Waals surface area (Å²) in [6.07, 6.45) is 0. The number of thiophene rings is 1. The normalized spacial score (nSPS) is 20.4. The number of nitrogens with one attached hydrogen (secondary N) is 3. The molecule has 1 aromatic carbocycles. The fourth-order valence-corrected chi connectivity index (χ4v) is 4.48. The summed E-state index contributed by atoms with van der Waals surface area (Å²) in [6, 6.07) is 9.54. The van der Waals surface area contributed by atoms with Crippen LogP contribution >= 0.6 is 11.3 Å². The summed E-state index contributed by atoms with van der Waals surface area (Å²) in [5.41, 5.74) is 2.17. The highest BCUT2D eigenvalue weighted by atomic mass is 32.1. The lowest BCUT2D eigenvalue weighted by Crippen LogP contribution is -3.29. The van der Waals surface area contributed by atoms with Crippen molar-refractivity contribution >= 4 is 28.2 Å². The Labute approximate surface area is 170 Å². The first-order valence-corrected chi connectivity index (χ1v) is 10.7. The highest BCUT2D eigenvalue weighted by molar-refractivity contribution is 7.15. The van der Waals surface area contributed by atoms with Crippen LogP contribution in [0, 0.1) is 0 Å². The molecule has 1 aliphatic heterocycles. The van der Waals surface area contributed by atoms with Crippen LogP contribution in [-0.4, -0.2) is 57.8 Å². The molecule has 0 unspecified atom stereocenters. The number of ether oxygens (including phenoxy) is 1. The van der Waals surface area contributed by atoms with Gasteiger partial charge in [0, 0.05) is 10.9 Å². The fraction of sp³-hybridized carbons (Fsp3) is 0.429. The van der Waals surface area contributed by atoms with Crippen molar-refractivity contribution in [3.63, 3.8) is 0 Å². The van der Waals surface area contributed by atoms with Gasteiger partial charge in [-0.3, -0.25) is 4.79 Å². The maximum Gasteiger partial charge on any atom is 0.341 e. The van der Waals surface area contributed by atoms with E-state index in [4.69, 9.17) is 4.74 Å². The molecule has 6 nitrogen and oxygen atoms in total. The van der Waals surface area contributed by atoms with Gasteiger partial charge in [-0.05, 0) is 19.4 Å². The Kier molecular flexibility index (Phi) is 6.83. The number of rotatable bonds is 6. The van der Waals surface area contributed by atoms with Gasteiger partial charge in [-0.1, -0.05) is 30.3 Å². The third-order valence-corrected chi connectivity index (χ3v) is 6.24. The largest absolute Gasteiger partial charge is 0.462 e. The van der Waals surface area contributed by atoms with Crippen LogP contribution < -0.4 is 15.1 Å². The highest BCUT2D eigenvalue weighted by Gasteiger charge is 2.31. The van der Waals surface area contributed by atoms with Gasteiger partial charge in [0.2, 0.25) is 0 Å². The summed E-state index contributed by atoms with van der Waals surface area (Å²) < 4.78 is 5.27. The minimum atomic E-state index is -0.402. The van der Waals surface area contributed by atoms with Gasteiger partial charge in [0.25, 0.3) is 5.91 Å². The van der Waals surface area contributed by atoms with Crippen molar-refractivity contribution in [2.75, 3.05) is 45.2 Å². The zero-order chi connectivity index (χ0) is 20.1. The summed E-state index contributed by atoms with van der Waals surface area (Å²) in [5, 5.41) is 5.47. The van der Waals surface area contributed by atoms with Crippen molar-refractivity contribution in [3.8, 4) is 11.1 Å². The Bertz CT molecular complexity index is 814. The molecular formula is C21H29N3O3S+2. The summed E-state index contributed by atoms with van der Waals surface area (Å²) in [5.74, 6) is -0.456. The zero-order valence-electron chi connectivity index (χ0n) is 16.7. The Balaban J connectivity index is 1.82. The maximum atomic E-state index is 12.9. The van der Waals surface area contributed by atoms with Crippen molar-refractivity contribution in [3.05, 3.63) is 41.3 Å². The Hall–Kier alpha value is -2.22. The lowest BCUT2D eigenvalue weighted by atomic mass is 10.0. The number of carbonyl (C=O) groups excluding carboxylic acids is 2. The number of esters is 1. The van der Waals surface area contributed by atoms with Crippen molar-refractivity contribution in [1.29, 1.82) is 0 Å². The minimum absolute atomic E-state index is 0.0541. The average Bonchev–Trinajstić information content (AvgIpc) is 3.12. The summed E-state index contributed by atoms with van der Waals surface area (Å²) in [6.45, 7) is 8.12. The Morgan fingerprint density at radius 3 is 2.50 bits per heavy atom. The molecule has 1 fully saturated rings. The molecular weight excluding hydrogens is 374 g/mol. The van der Waals surface area contributed by atoms with Crippen LogP contribution in [0.5, 0.6) is 0 Å². The van der Waals surface area contributed by atoms with E-state index in [1.54, 1.807) is 6.92 Å². The topological polar surface area (TPSA) is 64.3 Å². The monoisotopic (exact) mass is 403 g/mol. The van der Waals surface area contributed by atoms with E-state index in [1.165, 1.54) is 21.1 Å². The van der Waals surface area contributed by atoms with Gasteiger partial charge in [-0.25, -0.2) is 4.79 Å². The first-order chi connectivity index (χ1) is 13.5. The Morgan fingerprint density at radius 1 is 1.18 bits per heavy atom. The molecule has 1 aromatic heterocycles. The smallest absolute Gasteiger partial charge is 0.341 e. The van der Waals surface area contributed by atoms with Crippen molar-refractivity contribution in [2.45, 2.75) is 19.9 Å². The number of quaternary nitrogens is 2. The number of likely N-dealkylation sites (N-methyl/N-ethyl adjacent to an activating group) is 1. The van der Waals surface area contributed by atoms with Gasteiger partial charge in [-0.15, -0.1) is 11.3 Å². The lowest BCUT2D eigenvalue weighted by Gasteiger charge is -2.30. The van der Waals surface area contributed by atoms with Crippen LogP contribution in [0.4, 0.5) is 5.00 Å². The van der Waals surface area contributed by atoms with E-state index in [0.29, 0.717) is 17.2 Å². The maximum absolute atomic E-state index is 12.9. The van der Waals surface area contributed by atoms with Gasteiger partial charge in [-0.2, -0.15) is 0 Å². The third kappa shape index (κ3) is 4.60. The summed E-state index contributed by atoms with van der Waals surface area (Å²) in [7, 11) is 2.18. The first kappa shape index (κ1) is 20.5. The van der Waals surface area contributed by atoms with Crippen LogP contribution in [0.25, 0.3) is 11.1 Å². The molecule has 2 heterocycles. The number of amides is 1. The van der Waals surface area contributed by atoms with Crippen molar-refractivity contribution in [2.24, 2.45) is 0 Å². The molecule has 0 saturated carbocycles. The van der Waals surface area contributed by atoms with E-state index in [0.717, 1.165) is 37.3 Å². The number of anilines is 1. The quantitative estimate of drug-likeness (QED) is 0.609. The second-order valence-electron chi connectivity index (χ2n) is 7.27. The molecule has 0 radical (unpaired) electrons. The molecule has 0 spiro atoms. The zero-order valence-corrected chi connectivity index (χ0v) is 17.5. The van der Waals surface area contributed by atoms with E-state index in [2.05, 4.69) is 12.4 Å². The molecule has 3 rings (SSSR count). The number of carbonyl (C=O) groups is 2. The predicted octanol–water partition coefficient (Wildman–Crippen LogP) is 0.332. The van der Waals surface area contributed by atoms with Crippen molar-refractivity contribution in [1.82, 2.24) is 0 Å². The minimum Gasteiger partial charge on any atom is -0.462 e. The highest BCUT2D eigenvalue weighted by Crippen LogP contribution is 2.36. The molecule has 0 aliphatic carbocycles. The van der Waals surface area contributed by atoms with Gasteiger partial charge in [0.1, 0.15) is 36.7 Å². The van der Waals surface area contributed by atoms with E-state index in [9.17, 15) is 9.59 Å². The second kappa shape index (κ2) is 9.32.